The second-order valence-corrected chi connectivity index (χ2v) is 4.92. The summed E-state index contributed by atoms with van der Waals surface area (Å²) in [5.41, 5.74) is 1.10. The average molecular weight is 240 g/mol. The van der Waals surface area contributed by atoms with E-state index in [9.17, 15) is 18.0 Å². The van der Waals surface area contributed by atoms with Crippen LogP contribution in [0, 0.1) is 0 Å². The summed E-state index contributed by atoms with van der Waals surface area (Å²) in [4.78, 5) is 11.5. The second-order valence-electron chi connectivity index (χ2n) is 4.92. The van der Waals surface area contributed by atoms with Crippen LogP contribution >= 0.6 is 0 Å². The Morgan fingerprint density at radius 2 is 1.71 bits per heavy atom. The predicted octanol–water partition coefficient (Wildman–Crippen LogP) is 3.64. The van der Waals surface area contributed by atoms with Gasteiger partial charge in [-0.05, 0) is 41.5 Å². The number of hydrogen-bond acceptors (Lipinski definition) is 1. The van der Waals surface area contributed by atoms with Crippen molar-refractivity contribution in [1.29, 1.82) is 0 Å². The van der Waals surface area contributed by atoms with Crippen molar-refractivity contribution in [2.75, 3.05) is 0 Å². The first-order valence-corrected chi connectivity index (χ1v) is 5.68. The van der Waals surface area contributed by atoms with Crippen LogP contribution in [0.15, 0.2) is 18.2 Å². The molecule has 1 nitrogen and oxygen atoms in total. The van der Waals surface area contributed by atoms with Crippen molar-refractivity contribution in [3.8, 4) is 0 Å². The summed E-state index contributed by atoms with van der Waals surface area (Å²) in [5, 5.41) is 0. The maximum atomic E-state index is 12.6. The first-order chi connectivity index (χ1) is 7.95. The Morgan fingerprint density at radius 3 is 2.35 bits per heavy atom. The van der Waals surface area contributed by atoms with E-state index in [4.69, 9.17) is 0 Å². The number of alkyl halides is 3. The normalized spacial score (nSPS) is 27.1. The van der Waals surface area contributed by atoms with Crippen molar-refractivity contribution in [3.05, 3.63) is 34.9 Å². The quantitative estimate of drug-likeness (QED) is 0.676. The highest BCUT2D eigenvalue weighted by Crippen LogP contribution is 2.50. The summed E-state index contributed by atoms with van der Waals surface area (Å²) in [6.07, 6.45) is -2.56. The SMILES string of the molecule is O=C1C[C@@H]2C[C@H](C1)c1ccc(C(F)(F)F)cc12. The van der Waals surface area contributed by atoms with Gasteiger partial charge in [-0.15, -0.1) is 0 Å². The molecule has 2 bridgehead atoms. The van der Waals surface area contributed by atoms with Gasteiger partial charge in [-0.3, -0.25) is 4.79 Å². The molecule has 90 valence electrons. The molecule has 0 unspecified atom stereocenters. The van der Waals surface area contributed by atoms with Gasteiger partial charge in [0.2, 0.25) is 0 Å². The lowest BCUT2D eigenvalue weighted by atomic mass is 9.86. The molecule has 17 heavy (non-hydrogen) atoms. The lowest BCUT2D eigenvalue weighted by molar-refractivity contribution is -0.137. The topological polar surface area (TPSA) is 17.1 Å². The summed E-state index contributed by atoms with van der Waals surface area (Å²) < 4.78 is 37.8. The molecule has 2 aliphatic carbocycles. The van der Waals surface area contributed by atoms with Gasteiger partial charge >= 0.3 is 6.18 Å². The summed E-state index contributed by atoms with van der Waals surface area (Å²) in [6.45, 7) is 0. The number of benzene rings is 1. The number of hydrogen-bond donors (Lipinski definition) is 0. The zero-order valence-corrected chi connectivity index (χ0v) is 9.05. The van der Waals surface area contributed by atoms with Crippen LogP contribution in [0.25, 0.3) is 0 Å². The van der Waals surface area contributed by atoms with Crippen molar-refractivity contribution in [3.63, 3.8) is 0 Å². The van der Waals surface area contributed by atoms with Gasteiger partial charge in [-0.25, -0.2) is 0 Å². The Kier molecular flexibility index (Phi) is 2.12. The van der Waals surface area contributed by atoms with Gasteiger partial charge in [0.1, 0.15) is 5.78 Å². The highest BCUT2D eigenvalue weighted by Gasteiger charge is 2.40. The van der Waals surface area contributed by atoms with E-state index in [2.05, 4.69) is 0 Å². The first kappa shape index (κ1) is 10.8. The molecule has 1 aromatic rings. The van der Waals surface area contributed by atoms with E-state index < -0.39 is 11.7 Å². The van der Waals surface area contributed by atoms with Crippen molar-refractivity contribution < 1.29 is 18.0 Å². The van der Waals surface area contributed by atoms with Gasteiger partial charge in [0, 0.05) is 12.8 Å². The third kappa shape index (κ3) is 1.66. The molecule has 0 heterocycles. The largest absolute Gasteiger partial charge is 0.416 e. The molecule has 0 N–H and O–H groups in total. The molecule has 3 rings (SSSR count). The van der Waals surface area contributed by atoms with Gasteiger partial charge in [0.25, 0.3) is 0 Å². The Morgan fingerprint density at radius 1 is 1.06 bits per heavy atom. The monoisotopic (exact) mass is 240 g/mol. The molecule has 2 atom stereocenters. The standard InChI is InChI=1S/C13H11F3O/c14-13(15,16)9-1-2-11-7-3-8(12(11)6-9)5-10(17)4-7/h1-2,6-8H,3-5H2/t7-,8+/m1/s1. The van der Waals surface area contributed by atoms with Crippen LogP contribution < -0.4 is 0 Å². The van der Waals surface area contributed by atoms with E-state index >= 15 is 0 Å². The number of halogens is 3. The van der Waals surface area contributed by atoms with Gasteiger partial charge in [-0.1, -0.05) is 6.07 Å². The highest BCUT2D eigenvalue weighted by molar-refractivity contribution is 5.82. The van der Waals surface area contributed by atoms with Gasteiger partial charge in [0.15, 0.2) is 0 Å². The number of rotatable bonds is 0. The van der Waals surface area contributed by atoms with Gasteiger partial charge in [0.05, 0.1) is 5.56 Å². The maximum Gasteiger partial charge on any atom is 0.416 e. The number of ketones is 1. The fourth-order valence-corrected chi connectivity index (χ4v) is 3.09. The molecule has 1 saturated carbocycles. The Bertz CT molecular complexity index is 490. The zero-order chi connectivity index (χ0) is 12.2. The van der Waals surface area contributed by atoms with Crippen molar-refractivity contribution >= 4 is 5.78 Å². The second kappa shape index (κ2) is 3.34. The molecule has 2 aliphatic rings. The van der Waals surface area contributed by atoms with Crippen LogP contribution in [0.4, 0.5) is 13.2 Å². The number of carbonyl (C=O) groups is 1. The van der Waals surface area contributed by atoms with E-state index in [-0.39, 0.29) is 17.6 Å². The third-order valence-corrected chi connectivity index (χ3v) is 3.81. The molecular weight excluding hydrogens is 229 g/mol. The predicted molar refractivity (Wildman–Crippen MR) is 55.8 cm³/mol. The van der Waals surface area contributed by atoms with E-state index in [1.165, 1.54) is 6.07 Å². The maximum absolute atomic E-state index is 12.6. The zero-order valence-electron chi connectivity index (χ0n) is 9.05. The van der Waals surface area contributed by atoms with Crippen LogP contribution in [-0.2, 0) is 11.0 Å². The van der Waals surface area contributed by atoms with Gasteiger partial charge in [-0.2, -0.15) is 13.2 Å². The number of Topliss-reactive ketones (excluding diaryl/α,β-unsaturated/α-hetero) is 1. The molecular formula is C13H11F3O. The molecule has 0 aliphatic heterocycles. The molecule has 0 saturated heterocycles. The Balaban J connectivity index is 2.07. The van der Waals surface area contributed by atoms with E-state index in [0.29, 0.717) is 12.8 Å². The minimum Gasteiger partial charge on any atom is -0.300 e. The molecule has 4 heteroatoms. The minimum absolute atomic E-state index is 0.0125. The van der Waals surface area contributed by atoms with Crippen LogP contribution in [0.1, 0.15) is 47.8 Å². The molecule has 1 aromatic carbocycles. The summed E-state index contributed by atoms with van der Waals surface area (Å²) in [6, 6.07) is 3.92. The Hall–Kier alpha value is -1.32. The fraction of sp³-hybridized carbons (Fsp3) is 0.462. The molecule has 0 spiro atoms. The Labute approximate surface area is 96.6 Å². The minimum atomic E-state index is -4.30. The third-order valence-electron chi connectivity index (χ3n) is 3.81. The van der Waals surface area contributed by atoms with E-state index in [1.54, 1.807) is 6.07 Å². The van der Waals surface area contributed by atoms with E-state index in [1.807, 2.05) is 0 Å². The van der Waals surface area contributed by atoms with E-state index in [0.717, 1.165) is 23.6 Å². The average Bonchev–Trinajstić information content (AvgIpc) is 2.50. The van der Waals surface area contributed by atoms with Crippen molar-refractivity contribution in [2.45, 2.75) is 37.3 Å². The van der Waals surface area contributed by atoms with Crippen LogP contribution in [-0.4, -0.2) is 5.78 Å². The van der Waals surface area contributed by atoms with Crippen molar-refractivity contribution in [1.82, 2.24) is 0 Å². The molecule has 0 amide bonds. The van der Waals surface area contributed by atoms with Crippen molar-refractivity contribution in [2.24, 2.45) is 0 Å². The number of carbonyl (C=O) groups excluding carboxylic acids is 1. The first-order valence-electron chi connectivity index (χ1n) is 5.68. The molecule has 1 fully saturated rings. The fourth-order valence-electron chi connectivity index (χ4n) is 3.09. The molecule has 0 radical (unpaired) electrons. The molecule has 0 aromatic heterocycles. The summed E-state index contributed by atoms with van der Waals surface area (Å²) >= 11 is 0. The summed E-state index contributed by atoms with van der Waals surface area (Å²) in [7, 11) is 0. The van der Waals surface area contributed by atoms with Crippen LogP contribution in [0.5, 0.6) is 0 Å². The van der Waals surface area contributed by atoms with Crippen LogP contribution in [0.2, 0.25) is 0 Å². The lowest BCUT2D eigenvalue weighted by Gasteiger charge is -2.17. The van der Waals surface area contributed by atoms with Gasteiger partial charge < -0.3 is 0 Å². The highest BCUT2D eigenvalue weighted by atomic mass is 19.4. The number of fused-ring (bicyclic) bond motifs is 5. The lowest BCUT2D eigenvalue weighted by Crippen LogP contribution is -2.12. The smallest absolute Gasteiger partial charge is 0.300 e. The summed E-state index contributed by atoms with van der Waals surface area (Å²) in [5.74, 6) is 0.341. The van der Waals surface area contributed by atoms with Crippen LogP contribution in [0.3, 0.4) is 0 Å².